The van der Waals surface area contributed by atoms with Crippen molar-refractivity contribution in [3.63, 3.8) is 0 Å². The zero-order valence-corrected chi connectivity index (χ0v) is 18.5. The molecule has 0 bridgehead atoms. The van der Waals surface area contributed by atoms with Crippen LogP contribution >= 0.6 is 34.5 Å². The number of hydrogen-bond acceptors (Lipinski definition) is 5. The third-order valence-electron chi connectivity index (χ3n) is 4.22. The van der Waals surface area contributed by atoms with Gasteiger partial charge in [-0.2, -0.15) is 0 Å². The van der Waals surface area contributed by atoms with E-state index >= 15 is 0 Å². The number of benzene rings is 2. The quantitative estimate of drug-likeness (QED) is 0.422. The number of thiazole rings is 1. The summed E-state index contributed by atoms with van der Waals surface area (Å²) >= 11 is 13.5. The first-order valence-electron chi connectivity index (χ1n) is 8.71. The highest BCUT2D eigenvalue weighted by Gasteiger charge is 2.17. The summed E-state index contributed by atoms with van der Waals surface area (Å²) in [6.07, 6.45) is 1.32. The largest absolute Gasteiger partial charge is 0.494 e. The second-order valence-electron chi connectivity index (χ2n) is 6.30. The molecule has 0 radical (unpaired) electrons. The number of amides is 1. The molecule has 0 unspecified atom stereocenters. The number of hydrogen-bond donors (Lipinski definition) is 2. The molecule has 10 heteroatoms. The number of anilines is 1. The number of carbonyl (C=O) groups excluding carboxylic acids is 1. The Kier molecular flexibility index (Phi) is 6.94. The molecule has 1 aromatic heterocycles. The number of carboxylic acid groups (broad SMARTS) is 1. The van der Waals surface area contributed by atoms with Gasteiger partial charge in [0.05, 0.1) is 22.8 Å². The van der Waals surface area contributed by atoms with Crippen molar-refractivity contribution in [1.29, 1.82) is 0 Å². The fourth-order valence-electron chi connectivity index (χ4n) is 2.62. The van der Waals surface area contributed by atoms with E-state index in [9.17, 15) is 14.0 Å². The van der Waals surface area contributed by atoms with Crippen molar-refractivity contribution in [2.24, 2.45) is 0 Å². The Bertz CT molecular complexity index is 1190. The van der Waals surface area contributed by atoms with Gasteiger partial charge in [0.1, 0.15) is 0 Å². The van der Waals surface area contributed by atoms with E-state index in [0.717, 1.165) is 11.3 Å². The van der Waals surface area contributed by atoms with Gasteiger partial charge in [0.25, 0.3) is 5.91 Å². The number of aromatic nitrogens is 1. The smallest absolute Gasteiger partial charge is 0.331 e. The molecule has 3 rings (SSSR count). The van der Waals surface area contributed by atoms with Crippen molar-refractivity contribution in [2.45, 2.75) is 6.92 Å². The van der Waals surface area contributed by atoms with Crippen molar-refractivity contribution >= 4 is 57.6 Å². The highest BCUT2D eigenvalue weighted by atomic mass is 35.5. The van der Waals surface area contributed by atoms with Crippen LogP contribution < -0.4 is 10.1 Å². The Balaban J connectivity index is 1.83. The lowest BCUT2D eigenvalue weighted by Gasteiger charge is -2.08. The molecule has 0 aliphatic carbocycles. The summed E-state index contributed by atoms with van der Waals surface area (Å²) in [5, 5.41) is 13.7. The maximum absolute atomic E-state index is 14.4. The van der Waals surface area contributed by atoms with Gasteiger partial charge in [0.2, 0.25) is 0 Å². The molecule has 0 aliphatic rings. The molecule has 0 saturated heterocycles. The second-order valence-corrected chi connectivity index (χ2v) is 7.97. The third kappa shape index (κ3) is 5.04. The summed E-state index contributed by atoms with van der Waals surface area (Å²) < 4.78 is 19.4. The fraction of sp³-hybridized carbons (Fsp3) is 0.0952. The monoisotopic (exact) mass is 480 g/mol. The zero-order valence-electron chi connectivity index (χ0n) is 16.2. The SMILES string of the molecule is COc1cccc(-c2csc(NC(=O)c3cc(Cl)c(/C=C(\C)C(=O)O)c(Cl)c3)n2)c1F. The van der Waals surface area contributed by atoms with E-state index in [4.69, 9.17) is 33.0 Å². The second kappa shape index (κ2) is 9.47. The maximum Gasteiger partial charge on any atom is 0.331 e. The molecular weight excluding hydrogens is 466 g/mol. The van der Waals surface area contributed by atoms with Crippen molar-refractivity contribution < 1.29 is 23.8 Å². The topological polar surface area (TPSA) is 88.5 Å². The predicted octanol–water partition coefficient (Wildman–Crippen LogP) is 6.00. The minimum Gasteiger partial charge on any atom is -0.494 e. The van der Waals surface area contributed by atoms with Crippen LogP contribution in [-0.2, 0) is 4.79 Å². The van der Waals surface area contributed by atoms with E-state index < -0.39 is 17.7 Å². The maximum atomic E-state index is 14.4. The van der Waals surface area contributed by atoms with Gasteiger partial charge in [0.15, 0.2) is 16.7 Å². The summed E-state index contributed by atoms with van der Waals surface area (Å²) in [6.45, 7) is 1.40. The van der Waals surface area contributed by atoms with Gasteiger partial charge in [-0.05, 0) is 37.3 Å². The predicted molar refractivity (Wildman–Crippen MR) is 120 cm³/mol. The number of aliphatic carboxylic acids is 1. The van der Waals surface area contributed by atoms with Gasteiger partial charge < -0.3 is 9.84 Å². The lowest BCUT2D eigenvalue weighted by Crippen LogP contribution is -2.12. The summed E-state index contributed by atoms with van der Waals surface area (Å²) in [7, 11) is 1.37. The molecule has 2 N–H and O–H groups in total. The molecule has 31 heavy (non-hydrogen) atoms. The van der Waals surface area contributed by atoms with Gasteiger partial charge in [-0.25, -0.2) is 14.2 Å². The number of carbonyl (C=O) groups is 2. The Morgan fingerprint density at radius 3 is 2.55 bits per heavy atom. The van der Waals surface area contributed by atoms with E-state index in [1.165, 1.54) is 38.3 Å². The van der Waals surface area contributed by atoms with E-state index in [1.54, 1.807) is 17.5 Å². The minimum absolute atomic E-state index is 0.0427. The number of nitrogens with zero attached hydrogens (tertiary/aromatic N) is 1. The van der Waals surface area contributed by atoms with Crippen LogP contribution in [0.2, 0.25) is 10.0 Å². The lowest BCUT2D eigenvalue weighted by atomic mass is 10.1. The normalized spacial score (nSPS) is 11.3. The average molecular weight is 481 g/mol. The molecular formula is C21H15Cl2FN2O4S. The molecule has 0 fully saturated rings. The first-order chi connectivity index (χ1) is 14.7. The van der Waals surface area contributed by atoms with Crippen molar-refractivity contribution in [3.05, 3.63) is 68.3 Å². The Morgan fingerprint density at radius 2 is 1.94 bits per heavy atom. The number of rotatable bonds is 6. The van der Waals surface area contributed by atoms with Crippen molar-refractivity contribution in [3.8, 4) is 17.0 Å². The average Bonchev–Trinajstić information content (AvgIpc) is 3.18. The fourth-order valence-corrected chi connectivity index (χ4v) is 3.92. The summed E-state index contributed by atoms with van der Waals surface area (Å²) in [5.74, 6) is -2.10. The van der Waals surface area contributed by atoms with Crippen LogP contribution in [-0.4, -0.2) is 29.1 Å². The summed E-state index contributed by atoms with van der Waals surface area (Å²) in [6, 6.07) is 7.45. The van der Waals surface area contributed by atoms with Gasteiger partial charge in [0, 0.05) is 27.6 Å². The number of methoxy groups -OCH3 is 1. The van der Waals surface area contributed by atoms with Crippen LogP contribution in [0.3, 0.4) is 0 Å². The molecule has 2 aromatic carbocycles. The van der Waals surface area contributed by atoms with E-state index in [0.29, 0.717) is 11.3 Å². The van der Waals surface area contributed by atoms with Crippen LogP contribution in [0.15, 0.2) is 41.3 Å². The first-order valence-corrected chi connectivity index (χ1v) is 10.3. The molecule has 1 amide bonds. The number of carboxylic acids is 1. The van der Waals surface area contributed by atoms with Gasteiger partial charge >= 0.3 is 5.97 Å². The van der Waals surface area contributed by atoms with E-state index in [1.807, 2.05) is 0 Å². The number of ether oxygens (including phenoxy) is 1. The highest BCUT2D eigenvalue weighted by Crippen LogP contribution is 2.32. The number of nitrogens with one attached hydrogen (secondary N) is 1. The Hall–Kier alpha value is -2.94. The Morgan fingerprint density at radius 1 is 1.26 bits per heavy atom. The molecule has 1 heterocycles. The van der Waals surface area contributed by atoms with Crippen LogP contribution in [0.5, 0.6) is 5.75 Å². The summed E-state index contributed by atoms with van der Waals surface area (Å²) in [5.41, 5.74) is 1.08. The standard InChI is InChI=1S/C21H15Cl2FN2O4S/c1-10(20(28)29)6-13-14(22)7-11(8-15(13)23)19(27)26-21-25-16(9-31-21)12-4-3-5-17(30-2)18(12)24/h3-9H,1-2H3,(H,28,29)(H,25,26,27)/b10-6+. The lowest BCUT2D eigenvalue weighted by molar-refractivity contribution is -0.132. The Labute approximate surface area is 190 Å². The van der Waals surface area contributed by atoms with Gasteiger partial charge in [-0.3, -0.25) is 10.1 Å². The molecule has 0 atom stereocenters. The molecule has 6 nitrogen and oxygen atoms in total. The molecule has 160 valence electrons. The van der Waals surface area contributed by atoms with Gasteiger partial charge in [-0.1, -0.05) is 29.3 Å². The third-order valence-corrected chi connectivity index (χ3v) is 5.61. The highest BCUT2D eigenvalue weighted by molar-refractivity contribution is 7.14. The minimum atomic E-state index is -1.11. The van der Waals surface area contributed by atoms with E-state index in [-0.39, 0.29) is 37.6 Å². The molecule has 3 aromatic rings. The van der Waals surface area contributed by atoms with Crippen molar-refractivity contribution in [2.75, 3.05) is 12.4 Å². The van der Waals surface area contributed by atoms with Crippen LogP contribution in [0, 0.1) is 5.82 Å². The van der Waals surface area contributed by atoms with Crippen molar-refractivity contribution in [1.82, 2.24) is 4.98 Å². The van der Waals surface area contributed by atoms with Crippen LogP contribution in [0.25, 0.3) is 17.3 Å². The van der Waals surface area contributed by atoms with Gasteiger partial charge in [-0.15, -0.1) is 11.3 Å². The first kappa shape index (κ1) is 22.7. The zero-order chi connectivity index (χ0) is 22.7. The van der Waals surface area contributed by atoms with Crippen LogP contribution in [0.1, 0.15) is 22.8 Å². The molecule has 0 saturated carbocycles. The number of halogens is 3. The summed E-state index contributed by atoms with van der Waals surface area (Å²) in [4.78, 5) is 27.9. The molecule has 0 spiro atoms. The van der Waals surface area contributed by atoms with Crippen LogP contribution in [0.4, 0.5) is 9.52 Å². The molecule has 0 aliphatic heterocycles. The van der Waals surface area contributed by atoms with E-state index in [2.05, 4.69) is 10.3 Å².